The Labute approximate surface area is 85.1 Å². The third-order valence-electron chi connectivity index (χ3n) is 1.20. The number of rotatable bonds is 1. The van der Waals surface area contributed by atoms with Gasteiger partial charge in [-0.2, -0.15) is 13.2 Å². The Kier molecular flexibility index (Phi) is 3.26. The molecule has 0 radical (unpaired) electrons. The summed E-state index contributed by atoms with van der Waals surface area (Å²) in [4.78, 5) is -0.746. The van der Waals surface area contributed by atoms with Gasteiger partial charge in [0, 0.05) is 6.07 Å². The zero-order valence-corrected chi connectivity index (χ0v) is 7.90. The normalized spacial score (nSPS) is 11.9. The molecule has 78 valence electrons. The van der Waals surface area contributed by atoms with Crippen LogP contribution in [0.15, 0.2) is 17.0 Å². The van der Waals surface area contributed by atoms with Crippen LogP contribution >= 0.6 is 23.4 Å². The zero-order valence-electron chi connectivity index (χ0n) is 6.33. The van der Waals surface area contributed by atoms with Gasteiger partial charge in [0.1, 0.15) is 11.6 Å². The van der Waals surface area contributed by atoms with Crippen LogP contribution in [-0.2, 0) is 0 Å². The maximum atomic E-state index is 12.7. The predicted octanol–water partition coefficient (Wildman–Crippen LogP) is 4.23. The van der Waals surface area contributed by atoms with Gasteiger partial charge in [-0.3, -0.25) is 0 Å². The van der Waals surface area contributed by atoms with Crippen LogP contribution in [0.4, 0.5) is 22.0 Å². The second kappa shape index (κ2) is 3.94. The quantitative estimate of drug-likeness (QED) is 0.407. The van der Waals surface area contributed by atoms with Crippen molar-refractivity contribution in [3.8, 4) is 0 Å². The highest BCUT2D eigenvalue weighted by atomic mass is 35.5. The number of halogens is 6. The van der Waals surface area contributed by atoms with Gasteiger partial charge in [0.25, 0.3) is 0 Å². The van der Waals surface area contributed by atoms with Crippen LogP contribution in [0.3, 0.4) is 0 Å². The minimum atomic E-state index is -4.62. The first-order valence-electron chi connectivity index (χ1n) is 3.20. The van der Waals surface area contributed by atoms with E-state index in [1.54, 1.807) is 0 Å². The second-order valence-electron chi connectivity index (χ2n) is 2.24. The third kappa shape index (κ3) is 3.02. The molecule has 0 N–H and O–H groups in total. The van der Waals surface area contributed by atoms with Crippen molar-refractivity contribution in [2.75, 3.05) is 0 Å². The molecule has 0 aliphatic rings. The molecule has 0 aliphatic carbocycles. The van der Waals surface area contributed by atoms with E-state index >= 15 is 0 Å². The Morgan fingerprint density at radius 3 is 2.14 bits per heavy atom. The molecule has 0 amide bonds. The van der Waals surface area contributed by atoms with Crippen molar-refractivity contribution in [1.82, 2.24) is 0 Å². The number of alkyl halides is 3. The van der Waals surface area contributed by atoms with E-state index in [9.17, 15) is 22.0 Å². The molecule has 0 spiro atoms. The molecule has 1 aromatic carbocycles. The molecule has 0 saturated carbocycles. The van der Waals surface area contributed by atoms with Crippen molar-refractivity contribution >= 4 is 23.4 Å². The standard InChI is InChI=1S/C7H2ClF5S/c8-3-1-6(14-7(11,12)13)5(10)2-4(3)9/h1-2H. The molecule has 0 fully saturated rings. The SMILES string of the molecule is Fc1cc(F)c(SC(F)(F)F)cc1Cl. The smallest absolute Gasteiger partial charge is 0.206 e. The second-order valence-corrected chi connectivity index (χ2v) is 3.76. The Balaban J connectivity index is 3.04. The number of hydrogen-bond donors (Lipinski definition) is 0. The first-order valence-corrected chi connectivity index (χ1v) is 4.39. The topological polar surface area (TPSA) is 0 Å². The first kappa shape index (κ1) is 11.6. The van der Waals surface area contributed by atoms with Gasteiger partial charge in [0.2, 0.25) is 0 Å². The molecule has 7 heteroatoms. The summed E-state index contributed by atoms with van der Waals surface area (Å²) in [5.41, 5.74) is -4.62. The van der Waals surface area contributed by atoms with E-state index in [4.69, 9.17) is 11.6 Å². The fourth-order valence-electron chi connectivity index (χ4n) is 0.707. The van der Waals surface area contributed by atoms with Crippen LogP contribution in [0.2, 0.25) is 5.02 Å². The van der Waals surface area contributed by atoms with Gasteiger partial charge in [-0.1, -0.05) is 11.6 Å². The van der Waals surface area contributed by atoms with Crippen molar-refractivity contribution in [3.63, 3.8) is 0 Å². The summed E-state index contributed by atoms with van der Waals surface area (Å²) in [5, 5.41) is -0.543. The highest BCUT2D eigenvalue weighted by Gasteiger charge is 2.31. The Morgan fingerprint density at radius 1 is 1.07 bits per heavy atom. The lowest BCUT2D eigenvalue weighted by atomic mass is 10.3. The fourth-order valence-corrected chi connectivity index (χ4v) is 1.52. The maximum Gasteiger partial charge on any atom is 0.446 e. The molecule has 1 rings (SSSR count). The van der Waals surface area contributed by atoms with E-state index in [0.29, 0.717) is 12.1 Å². The van der Waals surface area contributed by atoms with E-state index in [1.807, 2.05) is 0 Å². The lowest BCUT2D eigenvalue weighted by Crippen LogP contribution is -2.00. The molecule has 0 nitrogen and oxygen atoms in total. The summed E-state index contributed by atoms with van der Waals surface area (Å²) in [7, 11) is 0. The van der Waals surface area contributed by atoms with Gasteiger partial charge in [0.05, 0.1) is 9.92 Å². The molecule has 14 heavy (non-hydrogen) atoms. The molecule has 1 aromatic rings. The van der Waals surface area contributed by atoms with Gasteiger partial charge in [-0.05, 0) is 17.8 Å². The average molecular weight is 249 g/mol. The van der Waals surface area contributed by atoms with Gasteiger partial charge < -0.3 is 0 Å². The summed E-state index contributed by atoms with van der Waals surface area (Å²) >= 11 is 4.52. The van der Waals surface area contributed by atoms with E-state index in [0.717, 1.165) is 0 Å². The zero-order chi connectivity index (χ0) is 10.9. The summed E-state index contributed by atoms with van der Waals surface area (Å²) < 4.78 is 60.7. The molecule has 0 heterocycles. The largest absolute Gasteiger partial charge is 0.446 e. The summed E-state index contributed by atoms with van der Waals surface area (Å²) in [5.74, 6) is -2.37. The van der Waals surface area contributed by atoms with Gasteiger partial charge >= 0.3 is 5.51 Å². The summed E-state index contributed by atoms with van der Waals surface area (Å²) in [6.07, 6.45) is 0. The summed E-state index contributed by atoms with van der Waals surface area (Å²) in [6, 6.07) is 0.917. The van der Waals surface area contributed by atoms with Crippen LogP contribution in [0.25, 0.3) is 0 Å². The van der Waals surface area contributed by atoms with Crippen LogP contribution in [0.1, 0.15) is 0 Å². The minimum absolute atomic E-state index is 0.316. The average Bonchev–Trinajstić information content (AvgIpc) is 1.97. The van der Waals surface area contributed by atoms with Crippen LogP contribution < -0.4 is 0 Å². The first-order chi connectivity index (χ1) is 6.29. The van der Waals surface area contributed by atoms with Crippen LogP contribution in [0, 0.1) is 11.6 Å². The van der Waals surface area contributed by atoms with Crippen molar-refractivity contribution in [2.45, 2.75) is 10.4 Å². The van der Waals surface area contributed by atoms with Gasteiger partial charge in [0.15, 0.2) is 0 Å². The lowest BCUT2D eigenvalue weighted by molar-refractivity contribution is -0.0329. The van der Waals surface area contributed by atoms with Crippen molar-refractivity contribution in [1.29, 1.82) is 0 Å². The molecular weight excluding hydrogens is 247 g/mol. The monoisotopic (exact) mass is 248 g/mol. The molecule has 0 aromatic heterocycles. The number of hydrogen-bond acceptors (Lipinski definition) is 1. The van der Waals surface area contributed by atoms with Gasteiger partial charge in [-0.15, -0.1) is 0 Å². The van der Waals surface area contributed by atoms with Crippen molar-refractivity contribution in [2.24, 2.45) is 0 Å². The Morgan fingerprint density at radius 2 is 1.64 bits per heavy atom. The highest BCUT2D eigenvalue weighted by Crippen LogP contribution is 2.39. The van der Waals surface area contributed by atoms with E-state index in [1.165, 1.54) is 0 Å². The highest BCUT2D eigenvalue weighted by molar-refractivity contribution is 8.00. The lowest BCUT2D eigenvalue weighted by Gasteiger charge is -2.06. The predicted molar refractivity (Wildman–Crippen MR) is 43.3 cm³/mol. The Bertz CT molecular complexity index is 349. The fraction of sp³-hybridized carbons (Fsp3) is 0.143. The van der Waals surface area contributed by atoms with E-state index in [-0.39, 0.29) is 0 Å². The molecular formula is C7H2ClF5S. The maximum absolute atomic E-state index is 12.7. The third-order valence-corrected chi connectivity index (χ3v) is 2.25. The molecule has 0 atom stereocenters. The van der Waals surface area contributed by atoms with Crippen LogP contribution in [-0.4, -0.2) is 5.51 Å². The van der Waals surface area contributed by atoms with Crippen molar-refractivity contribution < 1.29 is 22.0 Å². The minimum Gasteiger partial charge on any atom is -0.206 e. The van der Waals surface area contributed by atoms with Crippen molar-refractivity contribution in [3.05, 3.63) is 28.8 Å². The number of thioether (sulfide) groups is 1. The number of benzene rings is 1. The van der Waals surface area contributed by atoms with E-state index in [2.05, 4.69) is 0 Å². The summed E-state index contributed by atoms with van der Waals surface area (Å²) in [6.45, 7) is 0. The molecule has 0 aliphatic heterocycles. The van der Waals surface area contributed by atoms with E-state index < -0.39 is 38.8 Å². The van der Waals surface area contributed by atoms with Crippen LogP contribution in [0.5, 0.6) is 0 Å². The Hall–Kier alpha value is -0.490. The van der Waals surface area contributed by atoms with Gasteiger partial charge in [-0.25, -0.2) is 8.78 Å². The molecule has 0 unspecified atom stereocenters. The molecule has 0 bridgehead atoms. The molecule has 0 saturated heterocycles.